The Bertz CT molecular complexity index is 707. The fraction of sp³-hybridized carbons (Fsp3) is 0. The van der Waals surface area contributed by atoms with E-state index in [0.29, 0.717) is 5.56 Å². The summed E-state index contributed by atoms with van der Waals surface area (Å²) in [5.74, 6) is -0.431. The Morgan fingerprint density at radius 1 is 1.09 bits per heavy atom. The number of carbonyl (C=O) groups is 1. The van der Waals surface area contributed by atoms with Gasteiger partial charge in [-0.05, 0) is 23.8 Å². The summed E-state index contributed by atoms with van der Waals surface area (Å²) < 4.78 is 0. The van der Waals surface area contributed by atoms with E-state index < -0.39 is 10.8 Å². The van der Waals surface area contributed by atoms with Crippen LogP contribution in [0.3, 0.4) is 0 Å². The molecule has 0 aromatic heterocycles. The van der Waals surface area contributed by atoms with E-state index in [0.717, 1.165) is 5.56 Å². The van der Waals surface area contributed by atoms with Gasteiger partial charge in [-0.15, -0.1) is 0 Å². The van der Waals surface area contributed by atoms with E-state index in [1.807, 2.05) is 36.4 Å². The van der Waals surface area contributed by atoms with E-state index in [2.05, 4.69) is 10.5 Å². The number of amides is 1. The number of nitrogens with zero attached hydrogens (tertiary/aromatic N) is 2. The number of nitro groups is 1. The van der Waals surface area contributed by atoms with Gasteiger partial charge in [-0.25, -0.2) is 5.43 Å². The molecule has 0 bridgehead atoms. The molecule has 0 atom stereocenters. The summed E-state index contributed by atoms with van der Waals surface area (Å²) in [6.07, 6.45) is 5.00. The molecule has 0 aliphatic rings. The van der Waals surface area contributed by atoms with Gasteiger partial charge in [-0.3, -0.25) is 14.9 Å². The Labute approximate surface area is 126 Å². The van der Waals surface area contributed by atoms with Crippen molar-refractivity contribution >= 4 is 23.9 Å². The normalized spacial score (nSPS) is 10.9. The second-order valence-electron chi connectivity index (χ2n) is 4.29. The molecule has 2 rings (SSSR count). The number of hydrogen-bond donors (Lipinski definition) is 1. The van der Waals surface area contributed by atoms with Crippen molar-refractivity contribution < 1.29 is 9.72 Å². The van der Waals surface area contributed by atoms with Gasteiger partial charge in [-0.2, -0.15) is 5.10 Å². The Hall–Kier alpha value is -3.28. The number of hydrogen-bond acceptors (Lipinski definition) is 4. The molecule has 0 spiro atoms. The smallest absolute Gasteiger partial charge is 0.267 e. The van der Waals surface area contributed by atoms with Gasteiger partial charge in [0.15, 0.2) is 0 Å². The summed E-state index contributed by atoms with van der Waals surface area (Å²) in [6.45, 7) is 0. The largest absolute Gasteiger partial charge is 0.271 e. The second kappa shape index (κ2) is 7.49. The zero-order valence-corrected chi connectivity index (χ0v) is 11.5. The quantitative estimate of drug-likeness (QED) is 0.522. The van der Waals surface area contributed by atoms with E-state index in [4.69, 9.17) is 0 Å². The fourth-order valence-electron chi connectivity index (χ4n) is 1.66. The molecule has 0 unspecified atom stereocenters. The van der Waals surface area contributed by atoms with E-state index in [1.54, 1.807) is 6.08 Å². The predicted octanol–water partition coefficient (Wildman–Crippen LogP) is 3.02. The molecule has 0 radical (unpaired) electrons. The standard InChI is InChI=1S/C16H13N3O3/c20-16(14-8-10-15(11-9-14)19(21)22)18-17-12-4-7-13-5-2-1-3-6-13/h1-12H,(H,18,20)/b7-4+,17-12-. The zero-order chi connectivity index (χ0) is 15.8. The van der Waals surface area contributed by atoms with Crippen LogP contribution in [0.2, 0.25) is 0 Å². The van der Waals surface area contributed by atoms with Crippen molar-refractivity contribution in [3.8, 4) is 0 Å². The summed E-state index contributed by atoms with van der Waals surface area (Å²) in [7, 11) is 0. The first-order valence-corrected chi connectivity index (χ1v) is 6.46. The average Bonchev–Trinajstić information content (AvgIpc) is 2.55. The minimum Gasteiger partial charge on any atom is -0.267 e. The lowest BCUT2D eigenvalue weighted by molar-refractivity contribution is -0.384. The van der Waals surface area contributed by atoms with Crippen LogP contribution in [0.25, 0.3) is 6.08 Å². The Kier molecular flexibility index (Phi) is 5.15. The Morgan fingerprint density at radius 2 is 1.77 bits per heavy atom. The summed E-state index contributed by atoms with van der Waals surface area (Å²) in [5, 5.41) is 14.3. The van der Waals surface area contributed by atoms with Crippen LogP contribution < -0.4 is 5.43 Å². The highest BCUT2D eigenvalue weighted by molar-refractivity contribution is 5.94. The first-order valence-electron chi connectivity index (χ1n) is 6.46. The number of allylic oxidation sites excluding steroid dienone is 1. The van der Waals surface area contributed by atoms with Gasteiger partial charge in [0, 0.05) is 23.9 Å². The minimum absolute atomic E-state index is 0.0640. The molecule has 110 valence electrons. The van der Waals surface area contributed by atoms with Crippen LogP contribution in [0.4, 0.5) is 5.69 Å². The number of benzene rings is 2. The Morgan fingerprint density at radius 3 is 2.41 bits per heavy atom. The van der Waals surface area contributed by atoms with E-state index >= 15 is 0 Å². The molecule has 0 fully saturated rings. The first kappa shape index (κ1) is 15.1. The number of nitro benzene ring substituents is 1. The van der Waals surface area contributed by atoms with E-state index in [1.165, 1.54) is 30.5 Å². The molecule has 0 saturated carbocycles. The van der Waals surface area contributed by atoms with Gasteiger partial charge >= 0.3 is 0 Å². The Balaban J connectivity index is 1.88. The highest BCUT2D eigenvalue weighted by Gasteiger charge is 2.08. The second-order valence-corrected chi connectivity index (χ2v) is 4.29. The molecule has 6 heteroatoms. The van der Waals surface area contributed by atoms with E-state index in [9.17, 15) is 14.9 Å². The maximum atomic E-state index is 11.7. The third-order valence-electron chi connectivity index (χ3n) is 2.76. The molecule has 2 aromatic carbocycles. The highest BCUT2D eigenvalue weighted by Crippen LogP contribution is 2.11. The van der Waals surface area contributed by atoms with Crippen LogP contribution in [0.15, 0.2) is 65.8 Å². The molecule has 2 aromatic rings. The summed E-state index contributed by atoms with van der Waals surface area (Å²) in [4.78, 5) is 21.7. The number of carbonyl (C=O) groups excluding carboxylic acids is 1. The van der Waals surface area contributed by atoms with Gasteiger partial charge in [-0.1, -0.05) is 36.4 Å². The van der Waals surface area contributed by atoms with Gasteiger partial charge < -0.3 is 0 Å². The maximum Gasteiger partial charge on any atom is 0.271 e. The van der Waals surface area contributed by atoms with Crippen LogP contribution in [0.5, 0.6) is 0 Å². The topological polar surface area (TPSA) is 84.6 Å². The number of rotatable bonds is 5. The van der Waals surface area contributed by atoms with Crippen LogP contribution in [0.1, 0.15) is 15.9 Å². The third kappa shape index (κ3) is 4.38. The monoisotopic (exact) mass is 295 g/mol. The number of non-ortho nitro benzene ring substituents is 1. The first-order chi connectivity index (χ1) is 10.7. The van der Waals surface area contributed by atoms with Crippen molar-refractivity contribution in [2.75, 3.05) is 0 Å². The molecule has 6 nitrogen and oxygen atoms in total. The zero-order valence-electron chi connectivity index (χ0n) is 11.5. The fourth-order valence-corrected chi connectivity index (χ4v) is 1.66. The maximum absolute atomic E-state index is 11.7. The summed E-state index contributed by atoms with van der Waals surface area (Å²) >= 11 is 0. The van der Waals surface area contributed by atoms with Gasteiger partial charge in [0.2, 0.25) is 0 Å². The summed E-state index contributed by atoms with van der Waals surface area (Å²) in [5.41, 5.74) is 3.60. The molecule has 0 heterocycles. The lowest BCUT2D eigenvalue weighted by atomic mass is 10.2. The predicted molar refractivity (Wildman–Crippen MR) is 84.5 cm³/mol. The lowest BCUT2D eigenvalue weighted by Gasteiger charge is -1.98. The van der Waals surface area contributed by atoms with Crippen molar-refractivity contribution in [3.05, 3.63) is 81.9 Å². The molecular formula is C16H13N3O3. The van der Waals surface area contributed by atoms with Crippen molar-refractivity contribution in [2.45, 2.75) is 0 Å². The molecular weight excluding hydrogens is 282 g/mol. The van der Waals surface area contributed by atoms with E-state index in [-0.39, 0.29) is 5.69 Å². The number of hydrazone groups is 1. The number of nitrogens with one attached hydrogen (secondary N) is 1. The van der Waals surface area contributed by atoms with Crippen LogP contribution in [0, 0.1) is 10.1 Å². The van der Waals surface area contributed by atoms with Gasteiger partial charge in [0.25, 0.3) is 11.6 Å². The van der Waals surface area contributed by atoms with Crippen molar-refractivity contribution in [1.29, 1.82) is 0 Å². The highest BCUT2D eigenvalue weighted by atomic mass is 16.6. The minimum atomic E-state index is -0.520. The lowest BCUT2D eigenvalue weighted by Crippen LogP contribution is -2.17. The van der Waals surface area contributed by atoms with Crippen molar-refractivity contribution in [3.63, 3.8) is 0 Å². The molecule has 0 aliphatic heterocycles. The van der Waals surface area contributed by atoms with Crippen molar-refractivity contribution in [1.82, 2.24) is 5.43 Å². The van der Waals surface area contributed by atoms with Crippen LogP contribution >= 0.6 is 0 Å². The molecule has 22 heavy (non-hydrogen) atoms. The van der Waals surface area contributed by atoms with Gasteiger partial charge in [0.05, 0.1) is 4.92 Å². The van der Waals surface area contributed by atoms with Gasteiger partial charge in [0.1, 0.15) is 0 Å². The third-order valence-corrected chi connectivity index (χ3v) is 2.76. The van der Waals surface area contributed by atoms with Crippen molar-refractivity contribution in [2.24, 2.45) is 5.10 Å². The molecule has 1 amide bonds. The van der Waals surface area contributed by atoms with Crippen LogP contribution in [-0.2, 0) is 0 Å². The molecule has 0 aliphatic carbocycles. The average molecular weight is 295 g/mol. The van der Waals surface area contributed by atoms with Crippen LogP contribution in [-0.4, -0.2) is 17.0 Å². The molecule has 1 N–H and O–H groups in total. The summed E-state index contributed by atoms with van der Waals surface area (Å²) in [6, 6.07) is 15.0. The molecule has 0 saturated heterocycles. The SMILES string of the molecule is O=C(N/N=C\C=C\c1ccccc1)c1ccc([N+](=O)[O-])cc1.